The Balaban J connectivity index is 2.85. The number of carbonyl (C=O) groups is 1. The number of hydrogen-bond donors (Lipinski definition) is 0. The molecule has 0 N–H and O–H groups in total. The average Bonchev–Trinajstić information content (AvgIpc) is 2.28. The molecule has 0 atom stereocenters. The van der Waals surface area contributed by atoms with Gasteiger partial charge in [0.15, 0.2) is 0 Å². The van der Waals surface area contributed by atoms with Crippen molar-refractivity contribution in [2.75, 3.05) is 13.1 Å². The quantitative estimate of drug-likeness (QED) is 0.756. The van der Waals surface area contributed by atoms with Crippen molar-refractivity contribution in [3.63, 3.8) is 0 Å². The monoisotopic (exact) mass is 254 g/mol. The van der Waals surface area contributed by atoms with Crippen LogP contribution in [0.15, 0.2) is 12.1 Å². The zero-order valence-electron chi connectivity index (χ0n) is 10.7. The minimum Gasteiger partial charge on any atom is -0.339 e. The van der Waals surface area contributed by atoms with Gasteiger partial charge in [-0.25, -0.2) is 4.98 Å². The Kier molecular flexibility index (Phi) is 5.42. The standard InChI is InChI=1S/C13H19ClN2O/c1-4-6-7-16(5-2)13(17)11-8-10(3)15-12(14)9-11/h8-9H,4-7H2,1-3H3. The molecule has 1 aromatic heterocycles. The summed E-state index contributed by atoms with van der Waals surface area (Å²) in [4.78, 5) is 18.1. The SMILES string of the molecule is CCCCN(CC)C(=O)c1cc(C)nc(Cl)c1. The predicted molar refractivity (Wildman–Crippen MR) is 70.5 cm³/mol. The van der Waals surface area contributed by atoms with Crippen molar-refractivity contribution in [1.29, 1.82) is 0 Å². The van der Waals surface area contributed by atoms with Gasteiger partial charge >= 0.3 is 0 Å². The maximum Gasteiger partial charge on any atom is 0.254 e. The number of carbonyl (C=O) groups excluding carboxylic acids is 1. The van der Waals surface area contributed by atoms with Crippen LogP contribution >= 0.6 is 11.6 Å². The Morgan fingerprint density at radius 1 is 1.41 bits per heavy atom. The minimum absolute atomic E-state index is 0.0355. The molecule has 1 aromatic rings. The van der Waals surface area contributed by atoms with E-state index in [0.29, 0.717) is 10.7 Å². The molecule has 0 fully saturated rings. The van der Waals surface area contributed by atoms with E-state index >= 15 is 0 Å². The van der Waals surface area contributed by atoms with Gasteiger partial charge in [0, 0.05) is 24.3 Å². The molecular formula is C13H19ClN2O. The minimum atomic E-state index is 0.0355. The van der Waals surface area contributed by atoms with E-state index in [1.165, 1.54) is 0 Å². The van der Waals surface area contributed by atoms with E-state index in [9.17, 15) is 4.79 Å². The first-order chi connectivity index (χ1) is 8.08. The van der Waals surface area contributed by atoms with Gasteiger partial charge in [-0.15, -0.1) is 0 Å². The summed E-state index contributed by atoms with van der Waals surface area (Å²) in [5.41, 5.74) is 1.40. The molecule has 0 saturated carbocycles. The molecule has 0 radical (unpaired) electrons. The van der Waals surface area contributed by atoms with Crippen LogP contribution in [-0.2, 0) is 0 Å². The molecule has 0 aliphatic rings. The second kappa shape index (κ2) is 6.60. The highest BCUT2D eigenvalue weighted by Crippen LogP contribution is 2.13. The number of halogens is 1. The number of unbranched alkanes of at least 4 members (excludes halogenated alkanes) is 1. The molecule has 0 saturated heterocycles. The molecule has 0 aliphatic heterocycles. The number of pyridine rings is 1. The molecular weight excluding hydrogens is 236 g/mol. The van der Waals surface area contributed by atoms with Gasteiger partial charge in [-0.05, 0) is 32.4 Å². The van der Waals surface area contributed by atoms with Crippen LogP contribution in [0.5, 0.6) is 0 Å². The predicted octanol–water partition coefficient (Wildman–Crippen LogP) is 3.31. The number of nitrogens with zero attached hydrogens (tertiary/aromatic N) is 2. The van der Waals surface area contributed by atoms with Crippen LogP contribution in [0.2, 0.25) is 5.15 Å². The van der Waals surface area contributed by atoms with E-state index in [1.54, 1.807) is 12.1 Å². The third kappa shape index (κ3) is 4.00. The van der Waals surface area contributed by atoms with E-state index in [4.69, 9.17) is 11.6 Å². The van der Waals surface area contributed by atoms with Crippen molar-refractivity contribution < 1.29 is 4.79 Å². The third-order valence-corrected chi connectivity index (χ3v) is 2.81. The highest BCUT2D eigenvalue weighted by molar-refractivity contribution is 6.29. The molecule has 0 bridgehead atoms. The number of rotatable bonds is 5. The largest absolute Gasteiger partial charge is 0.339 e. The second-order valence-electron chi connectivity index (χ2n) is 4.06. The maximum atomic E-state index is 12.2. The van der Waals surface area contributed by atoms with E-state index < -0.39 is 0 Å². The Bertz CT molecular complexity index is 373. The summed E-state index contributed by atoms with van der Waals surface area (Å²) < 4.78 is 0. The smallest absolute Gasteiger partial charge is 0.254 e. The molecule has 94 valence electrons. The summed E-state index contributed by atoms with van der Waals surface area (Å²) in [6, 6.07) is 3.41. The molecule has 4 heteroatoms. The Labute approximate surface area is 108 Å². The van der Waals surface area contributed by atoms with Crippen LogP contribution in [-0.4, -0.2) is 28.9 Å². The van der Waals surface area contributed by atoms with Crippen LogP contribution in [0.4, 0.5) is 0 Å². The molecule has 1 rings (SSSR count). The molecule has 0 spiro atoms. The van der Waals surface area contributed by atoms with Crippen LogP contribution in [0, 0.1) is 6.92 Å². The normalized spacial score (nSPS) is 10.4. The van der Waals surface area contributed by atoms with Crippen molar-refractivity contribution in [2.24, 2.45) is 0 Å². The molecule has 1 amide bonds. The summed E-state index contributed by atoms with van der Waals surface area (Å²) in [5, 5.41) is 0.375. The van der Waals surface area contributed by atoms with Crippen LogP contribution in [0.3, 0.4) is 0 Å². The van der Waals surface area contributed by atoms with Gasteiger partial charge in [-0.1, -0.05) is 24.9 Å². The fourth-order valence-electron chi connectivity index (χ4n) is 1.69. The lowest BCUT2D eigenvalue weighted by atomic mass is 10.2. The average molecular weight is 255 g/mol. The Morgan fingerprint density at radius 3 is 2.65 bits per heavy atom. The highest BCUT2D eigenvalue weighted by atomic mass is 35.5. The molecule has 0 aliphatic carbocycles. The summed E-state index contributed by atoms with van der Waals surface area (Å²) in [5.74, 6) is 0.0355. The van der Waals surface area contributed by atoms with Crippen molar-refractivity contribution in [3.8, 4) is 0 Å². The third-order valence-electron chi connectivity index (χ3n) is 2.62. The first kappa shape index (κ1) is 14.0. The summed E-state index contributed by atoms with van der Waals surface area (Å²) in [6.45, 7) is 7.46. The summed E-state index contributed by atoms with van der Waals surface area (Å²) in [6.07, 6.45) is 2.11. The lowest BCUT2D eigenvalue weighted by molar-refractivity contribution is 0.0762. The van der Waals surface area contributed by atoms with Crippen molar-refractivity contribution in [3.05, 3.63) is 28.5 Å². The summed E-state index contributed by atoms with van der Waals surface area (Å²) >= 11 is 5.86. The molecule has 17 heavy (non-hydrogen) atoms. The van der Waals surface area contributed by atoms with E-state index in [2.05, 4.69) is 11.9 Å². The van der Waals surface area contributed by atoms with E-state index in [1.807, 2.05) is 18.7 Å². The maximum absolute atomic E-state index is 12.2. The zero-order chi connectivity index (χ0) is 12.8. The van der Waals surface area contributed by atoms with Gasteiger partial charge in [0.25, 0.3) is 5.91 Å². The van der Waals surface area contributed by atoms with Gasteiger partial charge in [-0.3, -0.25) is 4.79 Å². The number of amides is 1. The first-order valence-electron chi connectivity index (χ1n) is 6.02. The van der Waals surface area contributed by atoms with Crippen LogP contribution in [0.1, 0.15) is 42.7 Å². The number of aryl methyl sites for hydroxylation is 1. The molecule has 0 aromatic carbocycles. The van der Waals surface area contributed by atoms with Gasteiger partial charge in [0.1, 0.15) is 5.15 Å². The molecule has 3 nitrogen and oxygen atoms in total. The van der Waals surface area contributed by atoms with Crippen LogP contribution in [0.25, 0.3) is 0 Å². The highest BCUT2D eigenvalue weighted by Gasteiger charge is 2.14. The second-order valence-corrected chi connectivity index (χ2v) is 4.45. The Morgan fingerprint density at radius 2 is 2.12 bits per heavy atom. The lowest BCUT2D eigenvalue weighted by Crippen LogP contribution is -2.31. The topological polar surface area (TPSA) is 33.2 Å². The Hall–Kier alpha value is -1.09. The van der Waals surface area contributed by atoms with Gasteiger partial charge in [0.2, 0.25) is 0 Å². The lowest BCUT2D eigenvalue weighted by Gasteiger charge is -2.20. The van der Waals surface area contributed by atoms with Gasteiger partial charge in [-0.2, -0.15) is 0 Å². The van der Waals surface area contributed by atoms with Crippen molar-refractivity contribution in [2.45, 2.75) is 33.6 Å². The van der Waals surface area contributed by atoms with Crippen LogP contribution < -0.4 is 0 Å². The van der Waals surface area contributed by atoms with Crippen molar-refractivity contribution in [1.82, 2.24) is 9.88 Å². The van der Waals surface area contributed by atoms with Gasteiger partial charge < -0.3 is 4.90 Å². The summed E-state index contributed by atoms with van der Waals surface area (Å²) in [7, 11) is 0. The first-order valence-corrected chi connectivity index (χ1v) is 6.39. The fraction of sp³-hybridized carbons (Fsp3) is 0.538. The van der Waals surface area contributed by atoms with Crippen molar-refractivity contribution >= 4 is 17.5 Å². The number of hydrogen-bond acceptors (Lipinski definition) is 2. The molecule has 0 unspecified atom stereocenters. The fourth-order valence-corrected chi connectivity index (χ4v) is 1.94. The van der Waals surface area contributed by atoms with Gasteiger partial charge in [0.05, 0.1) is 0 Å². The molecule has 1 heterocycles. The zero-order valence-corrected chi connectivity index (χ0v) is 11.4. The van der Waals surface area contributed by atoms with E-state index in [0.717, 1.165) is 31.6 Å². The number of aromatic nitrogens is 1. The van der Waals surface area contributed by atoms with E-state index in [-0.39, 0.29) is 5.91 Å².